The topological polar surface area (TPSA) is 79.4 Å². The van der Waals surface area contributed by atoms with E-state index < -0.39 is 0 Å². The van der Waals surface area contributed by atoms with E-state index in [0.717, 1.165) is 68.4 Å². The summed E-state index contributed by atoms with van der Waals surface area (Å²) in [5.74, 6) is 3.29. The molecule has 29 heavy (non-hydrogen) atoms. The Kier molecular flexibility index (Phi) is 7.67. The third-order valence-electron chi connectivity index (χ3n) is 5.30. The molecule has 0 aliphatic carbocycles. The van der Waals surface area contributed by atoms with Gasteiger partial charge in [-0.2, -0.15) is 0 Å². The average molecular weight is 398 g/mol. The largest absolute Gasteiger partial charge is 0.497 e. The van der Waals surface area contributed by atoms with Gasteiger partial charge in [0, 0.05) is 37.8 Å². The van der Waals surface area contributed by atoms with E-state index in [4.69, 9.17) is 4.74 Å². The molecule has 1 aliphatic rings. The molecule has 0 atom stereocenters. The van der Waals surface area contributed by atoms with Crippen molar-refractivity contribution in [1.29, 1.82) is 0 Å². The second-order valence-electron chi connectivity index (χ2n) is 7.43. The van der Waals surface area contributed by atoms with Crippen LogP contribution in [0.15, 0.2) is 36.7 Å². The van der Waals surface area contributed by atoms with E-state index in [1.807, 2.05) is 30.3 Å². The highest BCUT2D eigenvalue weighted by atomic mass is 16.5. The number of nitrogens with zero attached hydrogens (tertiary/aromatic N) is 3. The molecule has 1 amide bonds. The van der Waals surface area contributed by atoms with Crippen LogP contribution in [0.1, 0.15) is 39.0 Å². The van der Waals surface area contributed by atoms with Crippen molar-refractivity contribution in [2.75, 3.05) is 42.3 Å². The molecule has 1 fully saturated rings. The van der Waals surface area contributed by atoms with Crippen LogP contribution in [0, 0.1) is 5.92 Å². The fourth-order valence-electron chi connectivity index (χ4n) is 3.55. The number of ether oxygens (including phenoxy) is 1. The van der Waals surface area contributed by atoms with Crippen LogP contribution in [0.5, 0.6) is 5.75 Å². The van der Waals surface area contributed by atoms with Crippen LogP contribution in [0.25, 0.3) is 0 Å². The third kappa shape index (κ3) is 6.34. The standard InChI is InChI=1S/C22H31N5O2/c1-3-12-23-20-15-21(25-16-24-20)27-13-10-17(11-14-27)4-9-22(28)26-18-5-7-19(29-2)8-6-18/h5-8,15-17H,3-4,9-14H2,1-2H3,(H,26,28)(H,23,24,25). The summed E-state index contributed by atoms with van der Waals surface area (Å²) in [4.78, 5) is 23.3. The molecular formula is C22H31N5O2. The van der Waals surface area contributed by atoms with E-state index in [9.17, 15) is 4.79 Å². The van der Waals surface area contributed by atoms with E-state index >= 15 is 0 Å². The number of benzene rings is 1. The maximum absolute atomic E-state index is 12.2. The van der Waals surface area contributed by atoms with E-state index in [0.29, 0.717) is 12.3 Å². The van der Waals surface area contributed by atoms with Crippen LogP contribution >= 0.6 is 0 Å². The first-order valence-corrected chi connectivity index (χ1v) is 10.4. The number of carbonyl (C=O) groups excluding carboxylic acids is 1. The van der Waals surface area contributed by atoms with Gasteiger partial charge in [-0.25, -0.2) is 9.97 Å². The summed E-state index contributed by atoms with van der Waals surface area (Å²) in [6.45, 7) is 4.98. The zero-order chi connectivity index (χ0) is 20.5. The molecule has 0 saturated carbocycles. The molecule has 3 rings (SSSR count). The number of methoxy groups -OCH3 is 1. The number of carbonyl (C=O) groups is 1. The Morgan fingerprint density at radius 3 is 2.66 bits per heavy atom. The fourth-order valence-corrected chi connectivity index (χ4v) is 3.55. The first-order chi connectivity index (χ1) is 14.2. The van der Waals surface area contributed by atoms with E-state index in [-0.39, 0.29) is 5.91 Å². The van der Waals surface area contributed by atoms with Gasteiger partial charge in [0.25, 0.3) is 0 Å². The van der Waals surface area contributed by atoms with Gasteiger partial charge in [0.2, 0.25) is 5.91 Å². The average Bonchev–Trinajstić information content (AvgIpc) is 2.77. The molecule has 1 aromatic carbocycles. The van der Waals surface area contributed by atoms with E-state index in [1.54, 1.807) is 13.4 Å². The lowest BCUT2D eigenvalue weighted by molar-refractivity contribution is -0.116. The number of aromatic nitrogens is 2. The number of rotatable bonds is 9. The molecule has 0 unspecified atom stereocenters. The molecule has 7 heteroatoms. The van der Waals surface area contributed by atoms with Crippen molar-refractivity contribution in [3.05, 3.63) is 36.7 Å². The van der Waals surface area contributed by atoms with Crippen molar-refractivity contribution in [2.24, 2.45) is 5.92 Å². The zero-order valence-electron chi connectivity index (χ0n) is 17.4. The van der Waals surface area contributed by atoms with Crippen LogP contribution in [-0.2, 0) is 4.79 Å². The number of hydrogen-bond donors (Lipinski definition) is 2. The Bertz CT molecular complexity index is 773. The number of amides is 1. The van der Waals surface area contributed by atoms with Crippen LogP contribution in [0.3, 0.4) is 0 Å². The Balaban J connectivity index is 1.41. The Hall–Kier alpha value is -2.83. The van der Waals surface area contributed by atoms with Crippen molar-refractivity contribution in [3.8, 4) is 5.75 Å². The Morgan fingerprint density at radius 2 is 1.97 bits per heavy atom. The lowest BCUT2D eigenvalue weighted by Gasteiger charge is -2.32. The summed E-state index contributed by atoms with van der Waals surface area (Å²) in [5.41, 5.74) is 0.807. The van der Waals surface area contributed by atoms with Gasteiger partial charge in [0.15, 0.2) is 0 Å². The van der Waals surface area contributed by atoms with Gasteiger partial charge in [0.1, 0.15) is 23.7 Å². The number of nitrogens with one attached hydrogen (secondary N) is 2. The summed E-state index contributed by atoms with van der Waals surface area (Å²) >= 11 is 0. The molecule has 0 radical (unpaired) electrons. The molecule has 156 valence electrons. The van der Waals surface area contributed by atoms with Gasteiger partial charge in [-0.1, -0.05) is 6.92 Å². The van der Waals surface area contributed by atoms with Crippen LogP contribution in [0.4, 0.5) is 17.3 Å². The molecule has 1 saturated heterocycles. The minimum absolute atomic E-state index is 0.0695. The van der Waals surface area contributed by atoms with Crippen molar-refractivity contribution < 1.29 is 9.53 Å². The quantitative estimate of drug-likeness (QED) is 0.667. The van der Waals surface area contributed by atoms with Crippen molar-refractivity contribution >= 4 is 23.2 Å². The lowest BCUT2D eigenvalue weighted by Crippen LogP contribution is -2.34. The Labute approximate surface area is 172 Å². The molecule has 2 heterocycles. The van der Waals surface area contributed by atoms with Crippen molar-refractivity contribution in [2.45, 2.75) is 39.0 Å². The first kappa shape index (κ1) is 20.9. The maximum atomic E-state index is 12.2. The van der Waals surface area contributed by atoms with E-state index in [2.05, 4.69) is 32.4 Å². The summed E-state index contributed by atoms with van der Waals surface area (Å²) in [7, 11) is 1.63. The SMILES string of the molecule is CCCNc1cc(N2CCC(CCC(=O)Nc3ccc(OC)cc3)CC2)ncn1. The highest BCUT2D eigenvalue weighted by molar-refractivity contribution is 5.90. The van der Waals surface area contributed by atoms with Gasteiger partial charge >= 0.3 is 0 Å². The summed E-state index contributed by atoms with van der Waals surface area (Å²) in [6, 6.07) is 9.45. The summed E-state index contributed by atoms with van der Waals surface area (Å²) in [5, 5.41) is 6.27. The normalized spacial score (nSPS) is 14.5. The third-order valence-corrected chi connectivity index (χ3v) is 5.30. The second kappa shape index (κ2) is 10.6. The van der Waals surface area contributed by atoms with Gasteiger partial charge in [-0.15, -0.1) is 0 Å². The van der Waals surface area contributed by atoms with Crippen LogP contribution < -0.4 is 20.3 Å². The second-order valence-corrected chi connectivity index (χ2v) is 7.43. The van der Waals surface area contributed by atoms with Gasteiger partial charge < -0.3 is 20.3 Å². The zero-order valence-corrected chi connectivity index (χ0v) is 17.4. The summed E-state index contributed by atoms with van der Waals surface area (Å²) in [6.07, 6.45) is 6.33. The molecule has 7 nitrogen and oxygen atoms in total. The minimum Gasteiger partial charge on any atom is -0.497 e. The maximum Gasteiger partial charge on any atom is 0.224 e. The molecule has 1 aliphatic heterocycles. The molecular weight excluding hydrogens is 366 g/mol. The number of hydrogen-bond acceptors (Lipinski definition) is 6. The highest BCUT2D eigenvalue weighted by Crippen LogP contribution is 2.26. The monoisotopic (exact) mass is 397 g/mol. The Morgan fingerprint density at radius 1 is 1.21 bits per heavy atom. The van der Waals surface area contributed by atoms with E-state index in [1.165, 1.54) is 0 Å². The van der Waals surface area contributed by atoms with Crippen molar-refractivity contribution in [3.63, 3.8) is 0 Å². The fraction of sp³-hybridized carbons (Fsp3) is 0.500. The minimum atomic E-state index is 0.0695. The molecule has 2 aromatic rings. The van der Waals surface area contributed by atoms with Crippen LogP contribution in [-0.4, -0.2) is 42.6 Å². The molecule has 0 spiro atoms. The molecule has 1 aromatic heterocycles. The van der Waals surface area contributed by atoms with Gasteiger partial charge in [-0.3, -0.25) is 4.79 Å². The molecule has 2 N–H and O–H groups in total. The summed E-state index contributed by atoms with van der Waals surface area (Å²) < 4.78 is 5.14. The van der Waals surface area contributed by atoms with Gasteiger partial charge in [0.05, 0.1) is 7.11 Å². The highest BCUT2D eigenvalue weighted by Gasteiger charge is 2.21. The van der Waals surface area contributed by atoms with Crippen LogP contribution in [0.2, 0.25) is 0 Å². The molecule has 0 bridgehead atoms. The van der Waals surface area contributed by atoms with Crippen molar-refractivity contribution in [1.82, 2.24) is 9.97 Å². The first-order valence-electron chi connectivity index (χ1n) is 10.4. The lowest BCUT2D eigenvalue weighted by atomic mass is 9.92. The number of piperidine rings is 1. The predicted molar refractivity (Wildman–Crippen MR) is 117 cm³/mol. The predicted octanol–water partition coefficient (Wildman–Crippen LogP) is 3.94. The number of anilines is 3. The smallest absolute Gasteiger partial charge is 0.224 e. The van der Waals surface area contributed by atoms with Gasteiger partial charge in [-0.05, 0) is 55.9 Å².